The average molecular weight is 451 g/mol. The lowest BCUT2D eigenvalue weighted by Gasteiger charge is -2.08. The van der Waals surface area contributed by atoms with Crippen molar-refractivity contribution in [3.05, 3.63) is 68.9 Å². The molecule has 0 radical (unpaired) electrons. The van der Waals surface area contributed by atoms with Crippen LogP contribution in [0.15, 0.2) is 46.9 Å². The van der Waals surface area contributed by atoms with Gasteiger partial charge in [0.15, 0.2) is 5.69 Å². The molecule has 0 spiro atoms. The Morgan fingerprint density at radius 1 is 1.15 bits per heavy atom. The van der Waals surface area contributed by atoms with Crippen molar-refractivity contribution in [3.63, 3.8) is 0 Å². The van der Waals surface area contributed by atoms with Crippen LogP contribution in [0.3, 0.4) is 0 Å². The van der Waals surface area contributed by atoms with Crippen molar-refractivity contribution in [2.45, 2.75) is 6.92 Å². The normalized spacial score (nSPS) is 10.5. The molecule has 0 aliphatic carbocycles. The van der Waals surface area contributed by atoms with E-state index < -0.39 is 11.8 Å². The molecule has 0 saturated heterocycles. The topological polar surface area (TPSA) is 109 Å². The van der Waals surface area contributed by atoms with E-state index in [1.165, 1.54) is 22.9 Å². The Bertz CT molecular complexity index is 1040. The van der Waals surface area contributed by atoms with Crippen molar-refractivity contribution >= 4 is 39.3 Å². The lowest BCUT2D eigenvalue weighted by molar-refractivity contribution is 0.0842. The first kappa shape index (κ1) is 18.9. The van der Waals surface area contributed by atoms with Crippen LogP contribution in [0.5, 0.6) is 5.75 Å². The Kier molecular flexibility index (Phi) is 5.43. The lowest BCUT2D eigenvalue weighted by atomic mass is 10.2. The molecule has 0 unspecified atom stereocenters. The van der Waals surface area contributed by atoms with E-state index in [4.69, 9.17) is 11.6 Å². The number of nitrogens with one attached hydrogen (secondary N) is 2. The summed E-state index contributed by atoms with van der Waals surface area (Å²) in [5.41, 5.74) is 5.64. The number of phenols is 1. The van der Waals surface area contributed by atoms with Crippen LogP contribution in [-0.4, -0.2) is 31.9 Å². The molecule has 27 heavy (non-hydrogen) atoms. The molecule has 3 N–H and O–H groups in total. The highest BCUT2D eigenvalue weighted by Gasteiger charge is 2.19. The van der Waals surface area contributed by atoms with E-state index in [9.17, 15) is 14.7 Å². The number of phenolic OH excluding ortho intramolecular Hbond substituents is 1. The number of hydrogen-bond acceptors (Lipinski definition) is 5. The highest BCUT2D eigenvalue weighted by molar-refractivity contribution is 9.10. The maximum Gasteiger partial charge on any atom is 0.292 e. The van der Waals surface area contributed by atoms with Crippen molar-refractivity contribution in [3.8, 4) is 11.4 Å². The Hall–Kier alpha value is -2.91. The van der Waals surface area contributed by atoms with E-state index in [0.717, 1.165) is 10.2 Å². The zero-order valence-corrected chi connectivity index (χ0v) is 16.2. The van der Waals surface area contributed by atoms with Gasteiger partial charge in [0, 0.05) is 9.50 Å². The minimum atomic E-state index is -0.722. The third-order valence-electron chi connectivity index (χ3n) is 3.66. The van der Waals surface area contributed by atoms with Gasteiger partial charge in [0.1, 0.15) is 5.75 Å². The number of hydrazine groups is 1. The van der Waals surface area contributed by atoms with E-state index in [2.05, 4.69) is 37.1 Å². The standard InChI is InChI=1S/C17H13BrClN5O3/c1-9-15(20-23-24(9)12-4-2-3-10(18)7-12)17(27)22-21-16(26)13-8-11(19)5-6-14(13)25/h2-8,25H,1H3,(H,21,26)(H,22,27). The van der Waals surface area contributed by atoms with Gasteiger partial charge in [-0.2, -0.15) is 0 Å². The number of carbonyl (C=O) groups excluding carboxylic acids is 2. The van der Waals surface area contributed by atoms with Gasteiger partial charge < -0.3 is 5.11 Å². The quantitative estimate of drug-likeness (QED) is 0.532. The first-order chi connectivity index (χ1) is 12.9. The molecule has 2 aromatic carbocycles. The molecular weight excluding hydrogens is 438 g/mol. The number of carbonyl (C=O) groups is 2. The van der Waals surface area contributed by atoms with Crippen molar-refractivity contribution in [2.24, 2.45) is 0 Å². The molecule has 2 amide bonds. The first-order valence-electron chi connectivity index (χ1n) is 7.64. The zero-order chi connectivity index (χ0) is 19.6. The molecule has 0 aliphatic rings. The second kappa shape index (κ2) is 7.77. The van der Waals surface area contributed by atoms with Gasteiger partial charge in [-0.3, -0.25) is 20.4 Å². The van der Waals surface area contributed by atoms with Gasteiger partial charge in [-0.25, -0.2) is 4.68 Å². The number of hydrogen-bond donors (Lipinski definition) is 3. The summed E-state index contributed by atoms with van der Waals surface area (Å²) in [7, 11) is 0. The largest absolute Gasteiger partial charge is 0.507 e. The van der Waals surface area contributed by atoms with Crippen LogP contribution < -0.4 is 10.9 Å². The summed E-state index contributed by atoms with van der Waals surface area (Å²) in [5, 5.41) is 17.8. The Morgan fingerprint density at radius 2 is 1.89 bits per heavy atom. The van der Waals surface area contributed by atoms with Gasteiger partial charge in [0.2, 0.25) is 0 Å². The number of nitrogens with zero attached hydrogens (tertiary/aromatic N) is 3. The van der Waals surface area contributed by atoms with E-state index in [1.807, 2.05) is 24.3 Å². The van der Waals surface area contributed by atoms with Crippen LogP contribution >= 0.6 is 27.5 Å². The van der Waals surface area contributed by atoms with Gasteiger partial charge in [-0.1, -0.05) is 38.8 Å². The summed E-state index contributed by atoms with van der Waals surface area (Å²) in [6.07, 6.45) is 0. The molecular formula is C17H13BrClN5O3. The number of aromatic hydroxyl groups is 1. The maximum atomic E-state index is 12.3. The number of halogens is 2. The number of rotatable bonds is 3. The van der Waals surface area contributed by atoms with Crippen molar-refractivity contribution in [1.82, 2.24) is 25.8 Å². The fourth-order valence-electron chi connectivity index (χ4n) is 2.32. The second-order valence-electron chi connectivity index (χ2n) is 5.48. The summed E-state index contributed by atoms with van der Waals surface area (Å²) < 4.78 is 2.36. The molecule has 8 nitrogen and oxygen atoms in total. The highest BCUT2D eigenvalue weighted by Crippen LogP contribution is 2.21. The van der Waals surface area contributed by atoms with E-state index >= 15 is 0 Å². The van der Waals surface area contributed by atoms with Crippen molar-refractivity contribution < 1.29 is 14.7 Å². The van der Waals surface area contributed by atoms with Crippen LogP contribution in [0, 0.1) is 6.92 Å². The lowest BCUT2D eigenvalue weighted by Crippen LogP contribution is -2.42. The zero-order valence-electron chi connectivity index (χ0n) is 13.9. The number of benzene rings is 2. The summed E-state index contributed by atoms with van der Waals surface area (Å²) in [6.45, 7) is 1.68. The second-order valence-corrected chi connectivity index (χ2v) is 6.84. The van der Waals surface area contributed by atoms with E-state index in [0.29, 0.717) is 5.69 Å². The molecule has 10 heteroatoms. The molecule has 3 rings (SSSR count). The number of aromatic nitrogens is 3. The minimum Gasteiger partial charge on any atom is -0.507 e. The maximum absolute atomic E-state index is 12.3. The van der Waals surface area contributed by atoms with Crippen LogP contribution in [0.25, 0.3) is 5.69 Å². The summed E-state index contributed by atoms with van der Waals surface area (Å²) in [6, 6.07) is 11.4. The molecule has 0 aliphatic heterocycles. The van der Waals surface area contributed by atoms with E-state index in [-0.39, 0.29) is 22.0 Å². The van der Waals surface area contributed by atoms with Crippen LogP contribution in [0.2, 0.25) is 5.02 Å². The Labute approximate surface area is 167 Å². The fraction of sp³-hybridized carbons (Fsp3) is 0.0588. The predicted molar refractivity (Wildman–Crippen MR) is 102 cm³/mol. The SMILES string of the molecule is Cc1c(C(=O)NNC(=O)c2cc(Cl)ccc2O)nnn1-c1cccc(Br)c1. The van der Waals surface area contributed by atoms with Crippen LogP contribution in [0.1, 0.15) is 26.5 Å². The molecule has 0 atom stereocenters. The van der Waals surface area contributed by atoms with Crippen LogP contribution in [-0.2, 0) is 0 Å². The van der Waals surface area contributed by atoms with Crippen molar-refractivity contribution in [2.75, 3.05) is 0 Å². The smallest absolute Gasteiger partial charge is 0.292 e. The molecule has 0 bridgehead atoms. The molecule has 0 fully saturated rings. The van der Waals surface area contributed by atoms with Gasteiger partial charge in [0.25, 0.3) is 11.8 Å². The Morgan fingerprint density at radius 3 is 2.63 bits per heavy atom. The molecule has 0 saturated carbocycles. The van der Waals surface area contributed by atoms with Gasteiger partial charge in [0.05, 0.1) is 16.9 Å². The monoisotopic (exact) mass is 449 g/mol. The number of amides is 2. The average Bonchev–Trinajstić information content (AvgIpc) is 3.03. The van der Waals surface area contributed by atoms with Crippen molar-refractivity contribution in [1.29, 1.82) is 0 Å². The molecule has 1 heterocycles. The van der Waals surface area contributed by atoms with Gasteiger partial charge in [-0.05, 0) is 43.3 Å². The Balaban J connectivity index is 1.74. The third kappa shape index (κ3) is 4.09. The molecule has 1 aromatic heterocycles. The highest BCUT2D eigenvalue weighted by atomic mass is 79.9. The molecule has 138 valence electrons. The summed E-state index contributed by atoms with van der Waals surface area (Å²) in [5.74, 6) is -1.63. The minimum absolute atomic E-state index is 0.0468. The third-order valence-corrected chi connectivity index (χ3v) is 4.38. The van der Waals surface area contributed by atoms with E-state index in [1.54, 1.807) is 6.92 Å². The van der Waals surface area contributed by atoms with Gasteiger partial charge >= 0.3 is 0 Å². The van der Waals surface area contributed by atoms with Crippen LogP contribution in [0.4, 0.5) is 0 Å². The fourth-order valence-corrected chi connectivity index (χ4v) is 2.88. The van der Waals surface area contributed by atoms with Gasteiger partial charge in [-0.15, -0.1) is 5.10 Å². The first-order valence-corrected chi connectivity index (χ1v) is 8.81. The summed E-state index contributed by atoms with van der Waals surface area (Å²) >= 11 is 9.18. The molecule has 3 aromatic rings. The predicted octanol–water partition coefficient (Wildman–Crippen LogP) is 2.77. The summed E-state index contributed by atoms with van der Waals surface area (Å²) in [4.78, 5) is 24.4.